The average Bonchev–Trinajstić information content (AvgIpc) is 2.59. The zero-order valence-corrected chi connectivity index (χ0v) is 15.3. The van der Waals surface area contributed by atoms with Gasteiger partial charge in [-0.25, -0.2) is 4.98 Å². The maximum absolute atomic E-state index is 12.5. The number of nitrogens with one attached hydrogen (secondary N) is 2. The van der Waals surface area contributed by atoms with Gasteiger partial charge in [0.1, 0.15) is 0 Å². The van der Waals surface area contributed by atoms with Gasteiger partial charge < -0.3 is 10.3 Å². The number of carbonyl (C=O) groups excluding carboxylic acids is 2. The van der Waals surface area contributed by atoms with E-state index >= 15 is 0 Å². The topological polar surface area (TPSA) is 91.9 Å². The third-order valence-electron chi connectivity index (χ3n) is 3.61. The molecular formula is C18H21N3O3S. The normalized spacial score (nSPS) is 11.8. The summed E-state index contributed by atoms with van der Waals surface area (Å²) in [4.78, 5) is 42.4. The number of aromatic amines is 1. The Labute approximate surface area is 150 Å². The number of nitrogens with zero attached hydrogens (tertiary/aromatic N) is 1. The number of anilines is 1. The molecule has 132 valence electrons. The van der Waals surface area contributed by atoms with Gasteiger partial charge in [-0.05, 0) is 44.0 Å². The van der Waals surface area contributed by atoms with E-state index in [1.807, 2.05) is 13.8 Å². The Hall–Kier alpha value is -2.41. The largest absolute Gasteiger partial charge is 0.325 e. The van der Waals surface area contributed by atoms with Crippen LogP contribution in [-0.2, 0) is 11.2 Å². The van der Waals surface area contributed by atoms with Crippen LogP contribution in [0.1, 0.15) is 43.2 Å². The van der Waals surface area contributed by atoms with Crippen molar-refractivity contribution in [2.75, 3.05) is 5.32 Å². The molecule has 1 unspecified atom stereocenters. The molecule has 2 rings (SSSR count). The van der Waals surface area contributed by atoms with Gasteiger partial charge in [0.2, 0.25) is 5.91 Å². The number of hydrogen-bond acceptors (Lipinski definition) is 5. The number of aryl methyl sites for hydroxylation is 1. The first-order valence-electron chi connectivity index (χ1n) is 8.11. The number of Topliss-reactive ketones (excluding diaryl/α,β-unsaturated/α-hetero) is 1. The van der Waals surface area contributed by atoms with Crippen LogP contribution in [0.15, 0.2) is 40.3 Å². The Balaban J connectivity index is 2.09. The number of amides is 1. The van der Waals surface area contributed by atoms with Crippen molar-refractivity contribution >= 4 is 29.1 Å². The minimum atomic E-state index is -0.386. The van der Waals surface area contributed by atoms with Crippen molar-refractivity contribution in [2.45, 2.75) is 44.0 Å². The van der Waals surface area contributed by atoms with Gasteiger partial charge >= 0.3 is 0 Å². The highest BCUT2D eigenvalue weighted by Crippen LogP contribution is 2.23. The molecule has 0 bridgehead atoms. The summed E-state index contributed by atoms with van der Waals surface area (Å²) in [5.74, 6) is -0.196. The van der Waals surface area contributed by atoms with E-state index in [0.717, 1.165) is 0 Å². The predicted molar refractivity (Wildman–Crippen MR) is 99.2 cm³/mol. The standard InChI is InChI=1S/C18H21N3O3S/c1-4-13-10-16(23)21-18(20-13)25-15(5-2)17(24)19-14-8-6-12(7-9-14)11(3)22/h6-10,15H,4-5H2,1-3H3,(H,19,24)(H,20,21,23). The minimum absolute atomic E-state index is 0.0225. The van der Waals surface area contributed by atoms with Crippen LogP contribution in [0.4, 0.5) is 5.69 Å². The summed E-state index contributed by atoms with van der Waals surface area (Å²) in [5.41, 5.74) is 1.70. The van der Waals surface area contributed by atoms with Gasteiger partial charge in [0, 0.05) is 23.0 Å². The van der Waals surface area contributed by atoms with Crippen LogP contribution in [0.2, 0.25) is 0 Å². The quantitative estimate of drug-likeness (QED) is 0.450. The van der Waals surface area contributed by atoms with Gasteiger partial charge in [0.25, 0.3) is 5.56 Å². The molecule has 0 spiro atoms. The molecule has 0 radical (unpaired) electrons. The lowest BCUT2D eigenvalue weighted by Crippen LogP contribution is -2.25. The van der Waals surface area contributed by atoms with Crippen molar-refractivity contribution in [1.29, 1.82) is 0 Å². The molecular weight excluding hydrogens is 338 g/mol. The second kappa shape index (κ2) is 8.62. The van der Waals surface area contributed by atoms with Crippen molar-refractivity contribution in [2.24, 2.45) is 0 Å². The number of H-pyrrole nitrogens is 1. The van der Waals surface area contributed by atoms with Gasteiger partial charge in [-0.1, -0.05) is 25.6 Å². The zero-order chi connectivity index (χ0) is 18.4. The van der Waals surface area contributed by atoms with Crippen LogP contribution >= 0.6 is 11.8 Å². The summed E-state index contributed by atoms with van der Waals surface area (Å²) in [6.45, 7) is 5.32. The molecule has 0 saturated carbocycles. The van der Waals surface area contributed by atoms with E-state index in [-0.39, 0.29) is 22.5 Å². The van der Waals surface area contributed by atoms with E-state index in [4.69, 9.17) is 0 Å². The maximum Gasteiger partial charge on any atom is 0.251 e. The van der Waals surface area contributed by atoms with E-state index in [0.29, 0.717) is 34.9 Å². The lowest BCUT2D eigenvalue weighted by molar-refractivity contribution is -0.115. The van der Waals surface area contributed by atoms with Gasteiger partial charge in [-0.3, -0.25) is 14.4 Å². The first kappa shape index (κ1) is 18.9. The summed E-state index contributed by atoms with van der Waals surface area (Å²) < 4.78 is 0. The monoisotopic (exact) mass is 359 g/mol. The zero-order valence-electron chi connectivity index (χ0n) is 14.5. The van der Waals surface area contributed by atoms with E-state index < -0.39 is 0 Å². The molecule has 1 heterocycles. The first-order valence-corrected chi connectivity index (χ1v) is 8.99. The smallest absolute Gasteiger partial charge is 0.251 e. The van der Waals surface area contributed by atoms with Crippen LogP contribution in [0.5, 0.6) is 0 Å². The van der Waals surface area contributed by atoms with E-state index in [1.165, 1.54) is 24.8 Å². The Morgan fingerprint density at radius 1 is 1.24 bits per heavy atom. The molecule has 0 aliphatic heterocycles. The molecule has 2 aromatic rings. The molecule has 25 heavy (non-hydrogen) atoms. The summed E-state index contributed by atoms with van der Waals surface area (Å²) in [6, 6.07) is 8.21. The fraction of sp³-hybridized carbons (Fsp3) is 0.333. The van der Waals surface area contributed by atoms with E-state index in [9.17, 15) is 14.4 Å². The number of ketones is 1. The molecule has 0 saturated heterocycles. The van der Waals surface area contributed by atoms with Crippen molar-refractivity contribution in [3.63, 3.8) is 0 Å². The molecule has 1 aromatic carbocycles. The van der Waals surface area contributed by atoms with Crippen LogP contribution < -0.4 is 10.9 Å². The summed E-state index contributed by atoms with van der Waals surface area (Å²) in [6.07, 6.45) is 1.24. The number of thioether (sulfide) groups is 1. The third kappa shape index (κ3) is 5.29. The van der Waals surface area contributed by atoms with Gasteiger partial charge in [0.05, 0.1) is 5.25 Å². The Morgan fingerprint density at radius 2 is 1.92 bits per heavy atom. The molecule has 1 aromatic heterocycles. The highest BCUT2D eigenvalue weighted by atomic mass is 32.2. The van der Waals surface area contributed by atoms with Gasteiger partial charge in [0.15, 0.2) is 10.9 Å². The van der Waals surface area contributed by atoms with Gasteiger partial charge in [-0.15, -0.1) is 0 Å². The SMILES string of the molecule is CCc1cc(=O)[nH]c(SC(CC)C(=O)Nc2ccc(C(C)=O)cc2)n1. The fourth-order valence-electron chi connectivity index (χ4n) is 2.19. The summed E-state index contributed by atoms with van der Waals surface area (Å²) in [7, 11) is 0. The Bertz CT molecular complexity index is 815. The van der Waals surface area contributed by atoms with Crippen LogP contribution in [0, 0.1) is 0 Å². The van der Waals surface area contributed by atoms with Crippen LogP contribution in [-0.4, -0.2) is 26.9 Å². The van der Waals surface area contributed by atoms with Crippen molar-refractivity contribution in [3.8, 4) is 0 Å². The summed E-state index contributed by atoms with van der Waals surface area (Å²) >= 11 is 1.23. The summed E-state index contributed by atoms with van der Waals surface area (Å²) in [5, 5.41) is 2.89. The average molecular weight is 359 g/mol. The molecule has 0 aliphatic carbocycles. The Morgan fingerprint density at radius 3 is 2.48 bits per heavy atom. The highest BCUT2D eigenvalue weighted by Gasteiger charge is 2.19. The van der Waals surface area contributed by atoms with Crippen LogP contribution in [0.3, 0.4) is 0 Å². The second-order valence-electron chi connectivity index (χ2n) is 5.53. The minimum Gasteiger partial charge on any atom is -0.325 e. The van der Waals surface area contributed by atoms with Crippen molar-refractivity contribution in [3.05, 3.63) is 51.9 Å². The molecule has 6 nitrogen and oxygen atoms in total. The van der Waals surface area contributed by atoms with Crippen molar-refractivity contribution in [1.82, 2.24) is 9.97 Å². The predicted octanol–water partition coefficient (Wildman–Crippen LogP) is 3.04. The van der Waals surface area contributed by atoms with Crippen molar-refractivity contribution < 1.29 is 9.59 Å². The second-order valence-corrected chi connectivity index (χ2v) is 6.72. The molecule has 7 heteroatoms. The highest BCUT2D eigenvalue weighted by molar-refractivity contribution is 8.00. The maximum atomic E-state index is 12.5. The fourth-order valence-corrected chi connectivity index (χ4v) is 3.12. The molecule has 1 atom stereocenters. The number of rotatable bonds is 7. The number of benzene rings is 1. The third-order valence-corrected chi connectivity index (χ3v) is 4.86. The van der Waals surface area contributed by atoms with Crippen LogP contribution in [0.25, 0.3) is 0 Å². The van der Waals surface area contributed by atoms with Gasteiger partial charge in [-0.2, -0.15) is 0 Å². The molecule has 1 amide bonds. The van der Waals surface area contributed by atoms with E-state index in [2.05, 4.69) is 15.3 Å². The lowest BCUT2D eigenvalue weighted by Gasteiger charge is -2.14. The number of aromatic nitrogens is 2. The first-order chi connectivity index (χ1) is 11.9. The Kier molecular flexibility index (Phi) is 6.52. The lowest BCUT2D eigenvalue weighted by atomic mass is 10.1. The van der Waals surface area contributed by atoms with E-state index in [1.54, 1.807) is 24.3 Å². The molecule has 0 fully saturated rings. The number of carbonyl (C=O) groups is 2. The number of hydrogen-bond donors (Lipinski definition) is 2. The molecule has 2 N–H and O–H groups in total. The molecule has 0 aliphatic rings.